The van der Waals surface area contributed by atoms with Crippen molar-refractivity contribution in [2.24, 2.45) is 57.7 Å². The van der Waals surface area contributed by atoms with Crippen molar-refractivity contribution in [1.29, 1.82) is 0 Å². The van der Waals surface area contributed by atoms with Crippen molar-refractivity contribution in [3.05, 3.63) is 11.1 Å². The highest BCUT2D eigenvalue weighted by molar-refractivity contribution is 5.67. The van der Waals surface area contributed by atoms with Gasteiger partial charge < -0.3 is 19.9 Å². The van der Waals surface area contributed by atoms with E-state index in [0.29, 0.717) is 42.1 Å². The Bertz CT molecular complexity index is 943. The summed E-state index contributed by atoms with van der Waals surface area (Å²) in [7, 11) is 1.43. The van der Waals surface area contributed by atoms with Gasteiger partial charge in [-0.3, -0.25) is 0 Å². The standard InChI is InChI=1S/C32H55NO4/c1-17(23(7)33-28(34)36-12)13-24-15-30(10)22(6)27-31(11,18(2)14-25-32(27,35)16-37-25)21(5)19(3)26(20(24)4)29(30,8)9/h17-19,21-25,27,35H,13-16H2,1-12H3,(H,33,34). The van der Waals surface area contributed by atoms with Gasteiger partial charge in [0, 0.05) is 12.0 Å². The first-order valence-corrected chi connectivity index (χ1v) is 14.9. The molecule has 4 rings (SSSR count). The molecule has 1 amide bonds. The smallest absolute Gasteiger partial charge is 0.407 e. The highest BCUT2D eigenvalue weighted by atomic mass is 16.6. The Labute approximate surface area is 226 Å². The third-order valence-corrected chi connectivity index (χ3v) is 13.5. The fourth-order valence-corrected chi connectivity index (χ4v) is 10.1. The summed E-state index contributed by atoms with van der Waals surface area (Å²) in [5.41, 5.74) is 2.58. The molecule has 0 aromatic rings. The maximum atomic E-state index is 12.2. The second kappa shape index (κ2) is 9.25. The van der Waals surface area contributed by atoms with Gasteiger partial charge in [-0.15, -0.1) is 0 Å². The van der Waals surface area contributed by atoms with Crippen LogP contribution >= 0.6 is 0 Å². The predicted octanol–water partition coefficient (Wildman–Crippen LogP) is 6.84. The van der Waals surface area contributed by atoms with E-state index in [1.165, 1.54) is 7.11 Å². The molecular formula is C32H55NO4. The average Bonchev–Trinajstić information content (AvgIpc) is 2.82. The Morgan fingerprint density at radius 1 is 1.14 bits per heavy atom. The lowest BCUT2D eigenvalue weighted by Gasteiger charge is -2.71. The highest BCUT2D eigenvalue weighted by Gasteiger charge is 2.71. The molecule has 3 fully saturated rings. The van der Waals surface area contributed by atoms with Crippen LogP contribution in [0.1, 0.15) is 95.4 Å². The molecule has 5 heteroatoms. The quantitative estimate of drug-likeness (QED) is 0.401. The first-order valence-electron chi connectivity index (χ1n) is 14.9. The number of alkyl carbamates (subject to hydrolysis) is 1. The molecule has 0 aromatic heterocycles. The number of fused-ring (bicyclic) bond motifs is 5. The number of rotatable bonds is 4. The first-order chi connectivity index (χ1) is 17.0. The van der Waals surface area contributed by atoms with Crippen LogP contribution in [0.2, 0.25) is 0 Å². The van der Waals surface area contributed by atoms with Crippen molar-refractivity contribution in [1.82, 2.24) is 5.32 Å². The normalized spacial score (nSPS) is 48.4. The van der Waals surface area contributed by atoms with Crippen LogP contribution in [0.4, 0.5) is 4.79 Å². The lowest BCUT2D eigenvalue weighted by Crippen LogP contribution is -2.75. The fourth-order valence-electron chi connectivity index (χ4n) is 10.1. The van der Waals surface area contributed by atoms with Gasteiger partial charge in [0.25, 0.3) is 0 Å². The van der Waals surface area contributed by atoms with Crippen LogP contribution in [0.15, 0.2) is 11.1 Å². The summed E-state index contributed by atoms with van der Waals surface area (Å²) in [5, 5.41) is 15.2. The van der Waals surface area contributed by atoms with Crippen LogP contribution in [0, 0.1) is 57.7 Å². The Balaban J connectivity index is 1.82. The SMILES string of the molecule is COC(=O)NC(C)C(C)CC1CC2(C)C(C)C3C4(O)COC4CC(C)C3(C)C(C)C(C)C(=C1C)C2(C)C. The van der Waals surface area contributed by atoms with Crippen molar-refractivity contribution in [3.63, 3.8) is 0 Å². The maximum absolute atomic E-state index is 12.2. The largest absolute Gasteiger partial charge is 0.453 e. The third kappa shape index (κ3) is 3.87. The minimum atomic E-state index is -0.733. The molecule has 1 heterocycles. The summed E-state index contributed by atoms with van der Waals surface area (Å²) in [5.74, 6) is 2.69. The Morgan fingerprint density at radius 2 is 1.76 bits per heavy atom. The topological polar surface area (TPSA) is 67.8 Å². The number of carbonyl (C=O) groups excluding carboxylic acids is 1. The summed E-state index contributed by atoms with van der Waals surface area (Å²) in [6.07, 6.45) is 2.71. The van der Waals surface area contributed by atoms with Crippen molar-refractivity contribution in [3.8, 4) is 0 Å². The zero-order chi connectivity index (χ0) is 27.9. The second-order valence-corrected chi connectivity index (χ2v) is 14.8. The van der Waals surface area contributed by atoms with E-state index in [-0.39, 0.29) is 40.4 Å². The number of carbonyl (C=O) groups is 1. The number of methoxy groups -OCH3 is 1. The molecule has 2 bridgehead atoms. The van der Waals surface area contributed by atoms with Gasteiger partial charge in [-0.1, -0.05) is 73.5 Å². The third-order valence-electron chi connectivity index (χ3n) is 13.5. The highest BCUT2D eigenvalue weighted by Crippen LogP contribution is 2.71. The molecule has 0 radical (unpaired) electrons. The van der Waals surface area contributed by atoms with E-state index in [9.17, 15) is 9.90 Å². The van der Waals surface area contributed by atoms with Crippen molar-refractivity contribution in [2.75, 3.05) is 13.7 Å². The van der Waals surface area contributed by atoms with E-state index in [0.717, 1.165) is 19.3 Å². The summed E-state index contributed by atoms with van der Waals surface area (Å²) < 4.78 is 10.9. The second-order valence-electron chi connectivity index (χ2n) is 14.8. The molecule has 5 nitrogen and oxygen atoms in total. The van der Waals surface area contributed by atoms with Gasteiger partial charge in [0.1, 0.15) is 5.60 Å². The Kier molecular flexibility index (Phi) is 7.23. The lowest BCUT2D eigenvalue weighted by molar-refractivity contribution is -0.337. The fraction of sp³-hybridized carbons (Fsp3) is 0.906. The molecule has 1 saturated heterocycles. The van der Waals surface area contributed by atoms with Gasteiger partial charge in [0.05, 0.1) is 19.8 Å². The van der Waals surface area contributed by atoms with Crippen LogP contribution in [0.25, 0.3) is 0 Å². The van der Waals surface area contributed by atoms with Crippen LogP contribution in [-0.2, 0) is 9.47 Å². The van der Waals surface area contributed by atoms with Crippen LogP contribution in [0.3, 0.4) is 0 Å². The minimum absolute atomic E-state index is 0.0261. The van der Waals surface area contributed by atoms with Gasteiger partial charge in [0.2, 0.25) is 0 Å². The van der Waals surface area contributed by atoms with Crippen LogP contribution in [-0.4, -0.2) is 42.7 Å². The number of aliphatic hydroxyl groups is 1. The molecule has 212 valence electrons. The van der Waals surface area contributed by atoms with E-state index in [4.69, 9.17) is 9.47 Å². The summed E-state index contributed by atoms with van der Waals surface area (Å²) in [6.45, 7) is 27.0. The number of nitrogens with one attached hydrogen (secondary N) is 1. The molecule has 4 aliphatic rings. The summed E-state index contributed by atoms with van der Waals surface area (Å²) >= 11 is 0. The molecule has 12 atom stereocenters. The monoisotopic (exact) mass is 517 g/mol. The number of ether oxygens (including phenoxy) is 2. The molecule has 2 saturated carbocycles. The molecule has 0 spiro atoms. The first kappa shape index (κ1) is 28.9. The molecule has 37 heavy (non-hydrogen) atoms. The summed E-state index contributed by atoms with van der Waals surface area (Å²) in [4.78, 5) is 11.9. The molecule has 12 unspecified atom stereocenters. The molecule has 1 aliphatic heterocycles. The number of allylic oxidation sites excluding steroid dienone is 2. The molecular weight excluding hydrogens is 462 g/mol. The zero-order valence-corrected chi connectivity index (χ0v) is 25.7. The van der Waals surface area contributed by atoms with Gasteiger partial charge in [-0.25, -0.2) is 4.79 Å². The van der Waals surface area contributed by atoms with Gasteiger partial charge in [-0.2, -0.15) is 0 Å². The summed E-state index contributed by atoms with van der Waals surface area (Å²) in [6, 6.07) is 0.0441. The van der Waals surface area contributed by atoms with Crippen LogP contribution in [0.5, 0.6) is 0 Å². The van der Waals surface area contributed by atoms with E-state index in [1.54, 1.807) is 11.1 Å². The van der Waals surface area contributed by atoms with E-state index in [1.807, 2.05) is 0 Å². The van der Waals surface area contributed by atoms with Crippen LogP contribution < -0.4 is 5.32 Å². The van der Waals surface area contributed by atoms with Crippen molar-refractivity contribution < 1.29 is 19.4 Å². The van der Waals surface area contributed by atoms with E-state index < -0.39 is 5.60 Å². The number of hydrogen-bond acceptors (Lipinski definition) is 4. The van der Waals surface area contributed by atoms with Gasteiger partial charge in [-0.05, 0) is 84.9 Å². The van der Waals surface area contributed by atoms with Gasteiger partial charge in [0.15, 0.2) is 0 Å². The molecule has 2 N–H and O–H groups in total. The predicted molar refractivity (Wildman–Crippen MR) is 149 cm³/mol. The van der Waals surface area contributed by atoms with E-state index >= 15 is 0 Å². The Morgan fingerprint density at radius 3 is 2.30 bits per heavy atom. The zero-order valence-electron chi connectivity index (χ0n) is 25.7. The minimum Gasteiger partial charge on any atom is -0.453 e. The Hall–Kier alpha value is -1.07. The van der Waals surface area contributed by atoms with E-state index in [2.05, 4.69) is 81.5 Å². The number of hydrogen-bond donors (Lipinski definition) is 2. The number of amides is 1. The molecule has 0 aromatic carbocycles. The van der Waals surface area contributed by atoms with Crippen molar-refractivity contribution >= 4 is 6.09 Å². The lowest BCUT2D eigenvalue weighted by atomic mass is 9.36. The average molecular weight is 518 g/mol. The van der Waals surface area contributed by atoms with Crippen molar-refractivity contribution in [2.45, 2.75) is 113 Å². The van der Waals surface area contributed by atoms with Gasteiger partial charge >= 0.3 is 6.09 Å². The molecule has 3 aliphatic carbocycles. The maximum Gasteiger partial charge on any atom is 0.407 e.